The summed E-state index contributed by atoms with van der Waals surface area (Å²) >= 11 is 1.57. The van der Waals surface area contributed by atoms with Crippen molar-refractivity contribution in [1.82, 2.24) is 35.2 Å². The summed E-state index contributed by atoms with van der Waals surface area (Å²) < 4.78 is 6.63. The molecule has 0 spiro atoms. The number of β-amino-alcohol motifs (C(OH)–C–C–N with tert-alkyl or cyclic N) is 1. The highest BCUT2D eigenvalue weighted by Crippen LogP contribution is 2.37. The number of nitrogens with one attached hydrogen (secondary N) is 2. The largest absolute Gasteiger partial charge is 0.488 e. The van der Waals surface area contributed by atoms with Gasteiger partial charge in [-0.15, -0.1) is 11.3 Å². The quantitative estimate of drug-likeness (QED) is 0.0492. The van der Waals surface area contributed by atoms with Crippen LogP contribution in [0, 0.1) is 30.2 Å². The highest BCUT2D eigenvalue weighted by atomic mass is 32.1. The summed E-state index contributed by atoms with van der Waals surface area (Å²) in [4.78, 5) is 88.5. The zero-order valence-electron chi connectivity index (χ0n) is 45.1. The third kappa shape index (κ3) is 11.2. The lowest BCUT2D eigenvalue weighted by molar-refractivity contribution is -0.143. The molecule has 4 aliphatic heterocycles. The Bertz CT molecular complexity index is 3130. The fraction of sp³-hybridized carbons (Fsp3) is 0.443. The van der Waals surface area contributed by atoms with Gasteiger partial charge in [0.25, 0.3) is 11.8 Å². The third-order valence-electron chi connectivity index (χ3n) is 16.4. The smallest absolute Gasteiger partial charge is 0.255 e. The van der Waals surface area contributed by atoms with E-state index in [9.17, 15) is 34.3 Å². The van der Waals surface area contributed by atoms with Gasteiger partial charge in [0.1, 0.15) is 35.8 Å². The Labute approximate surface area is 460 Å². The van der Waals surface area contributed by atoms with Crippen LogP contribution in [0.5, 0.6) is 5.75 Å². The highest BCUT2D eigenvalue weighted by Gasteiger charge is 2.48. The maximum atomic E-state index is 15.0. The second-order valence-corrected chi connectivity index (χ2v) is 23.2. The highest BCUT2D eigenvalue weighted by molar-refractivity contribution is 7.13. The number of fused-ring (bicyclic) bond motifs is 2. The molecule has 406 valence electrons. The molecule has 1 aromatic heterocycles. The Kier molecular flexibility index (Phi) is 16.1. The average molecular weight is 1070 g/mol. The van der Waals surface area contributed by atoms with E-state index in [0.717, 1.165) is 32.8 Å². The molecular weight excluding hydrogens is 1000 g/mol. The van der Waals surface area contributed by atoms with Crippen LogP contribution < -0.4 is 15.4 Å². The number of carbonyl (C=O) groups excluding carboxylic acids is 5. The van der Waals surface area contributed by atoms with Crippen molar-refractivity contribution >= 4 is 46.7 Å². The lowest BCUT2D eigenvalue weighted by Gasteiger charge is -2.35. The normalized spacial score (nSPS) is 21.2. The van der Waals surface area contributed by atoms with Crippen molar-refractivity contribution in [1.29, 1.82) is 5.26 Å². The van der Waals surface area contributed by atoms with E-state index in [2.05, 4.69) is 44.9 Å². The Morgan fingerprint density at radius 2 is 1.38 bits per heavy atom. The number of carbonyl (C=O) groups is 5. The lowest BCUT2D eigenvalue weighted by Crippen LogP contribution is -2.55. The minimum Gasteiger partial charge on any atom is -0.488 e. The minimum absolute atomic E-state index is 0.00200. The molecule has 17 heteroatoms. The fourth-order valence-corrected chi connectivity index (χ4v) is 13.2. The summed E-state index contributed by atoms with van der Waals surface area (Å²) in [6.07, 6.45) is 6.85. The number of thiazole rings is 1. The van der Waals surface area contributed by atoms with Crippen LogP contribution in [-0.2, 0) is 40.6 Å². The number of nitriles is 1. The maximum absolute atomic E-state index is 15.0. The summed E-state index contributed by atoms with van der Waals surface area (Å²) in [5, 5.41) is 27.2. The van der Waals surface area contributed by atoms with Gasteiger partial charge in [-0.3, -0.25) is 24.0 Å². The van der Waals surface area contributed by atoms with Gasteiger partial charge in [-0.1, -0.05) is 120 Å². The number of amides is 5. The van der Waals surface area contributed by atoms with Crippen LogP contribution in [0.2, 0.25) is 0 Å². The van der Waals surface area contributed by atoms with Gasteiger partial charge in [0, 0.05) is 56.7 Å². The molecule has 6 atom stereocenters. The van der Waals surface area contributed by atoms with Gasteiger partial charge in [-0.2, -0.15) is 10.3 Å². The van der Waals surface area contributed by atoms with Gasteiger partial charge in [0.05, 0.1) is 34.8 Å². The van der Waals surface area contributed by atoms with E-state index in [-0.39, 0.29) is 92.8 Å². The summed E-state index contributed by atoms with van der Waals surface area (Å²) in [6, 6.07) is 25.7. The number of aliphatic hydroxyl groups is 1. The van der Waals surface area contributed by atoms with Crippen molar-refractivity contribution in [3.8, 4) is 22.4 Å². The van der Waals surface area contributed by atoms with E-state index in [1.165, 1.54) is 42.6 Å². The molecule has 4 aromatic carbocycles. The molecule has 5 heterocycles. The molecule has 2 saturated heterocycles. The summed E-state index contributed by atoms with van der Waals surface area (Å²) in [5.74, 6) is -1.01. The first-order valence-electron chi connectivity index (χ1n) is 27.5. The standard InChI is InChI=1S/C61H69N9O7S/c1-36(2)53(60(75)67-32-46(71)25-51(67)56(65-34-62)63-28-39-17-21-43(22-18-39)55-38(5)66-35-78-55)70-31-45-23-24-47(26-50(45)59(70)74)77-48-27-52(57(72)64-29-40-15-19-42(20-16-40)41-11-7-6-8-12-41)68(33-48)61(76)54(37(3)4)69-30-44-13-9-10-14-49(44)58(69)73/h9-10,13-24,26,35-37,41,46,48,51-54,71H,6-8,11-12,25,27-33H2,1-5H3,(H,63,65)(H,64,72)/t46-,48-,51+,52+,53+,54+/m1/s1. The number of ether oxygens (including phenoxy) is 1. The van der Waals surface area contributed by atoms with Crippen molar-refractivity contribution in [3.05, 3.63) is 141 Å². The lowest BCUT2D eigenvalue weighted by atomic mass is 9.84. The number of hydrogen-bond donors (Lipinski definition) is 3. The van der Waals surface area contributed by atoms with Crippen LogP contribution in [0.25, 0.3) is 10.4 Å². The van der Waals surface area contributed by atoms with E-state index in [1.54, 1.807) is 44.2 Å². The second kappa shape index (κ2) is 23.3. The van der Waals surface area contributed by atoms with Crippen LogP contribution in [0.15, 0.2) is 101 Å². The van der Waals surface area contributed by atoms with Gasteiger partial charge in [0.2, 0.25) is 23.9 Å². The van der Waals surface area contributed by atoms with Crippen LogP contribution in [0.3, 0.4) is 0 Å². The van der Waals surface area contributed by atoms with E-state index in [1.807, 2.05) is 94.9 Å². The Morgan fingerprint density at radius 3 is 2.01 bits per heavy atom. The number of aryl methyl sites for hydroxylation is 1. The molecule has 5 amide bonds. The zero-order chi connectivity index (χ0) is 54.8. The number of rotatable bonds is 16. The van der Waals surface area contributed by atoms with Crippen LogP contribution >= 0.6 is 11.3 Å². The van der Waals surface area contributed by atoms with E-state index in [0.29, 0.717) is 34.9 Å². The summed E-state index contributed by atoms with van der Waals surface area (Å²) in [7, 11) is 0. The van der Waals surface area contributed by atoms with Crippen molar-refractivity contribution in [3.63, 3.8) is 0 Å². The minimum atomic E-state index is -0.916. The van der Waals surface area contributed by atoms with Gasteiger partial charge >= 0.3 is 0 Å². The Balaban J connectivity index is 0.836. The molecule has 1 aliphatic carbocycles. The van der Waals surface area contributed by atoms with Crippen molar-refractivity contribution in [2.24, 2.45) is 16.8 Å². The van der Waals surface area contributed by atoms with E-state index in [4.69, 9.17) is 4.74 Å². The SMILES string of the molecule is Cc1ncsc1-c1ccc(CN/C(=N/C#N)[C@@H]2C[C@@H](O)CN2C(=O)[C@H](C(C)C)N2Cc3ccc(O[C@@H]4C[C@@H](C(=O)NCc5ccc(C6CCCCC6)cc5)N(C(=O)[C@H](C(C)C)N5Cc6ccccc6C5=O)C4)cc3C2=O)cc1. The molecule has 3 fully saturated rings. The molecule has 5 aromatic rings. The van der Waals surface area contributed by atoms with Crippen molar-refractivity contribution < 1.29 is 33.8 Å². The molecular formula is C61H69N9O7S. The number of aliphatic imine (C=N–C) groups is 1. The van der Waals surface area contributed by atoms with Crippen LogP contribution in [0.4, 0.5) is 0 Å². The molecule has 1 saturated carbocycles. The number of hydrogen-bond acceptors (Lipinski definition) is 11. The van der Waals surface area contributed by atoms with Gasteiger partial charge in [-0.25, -0.2) is 4.98 Å². The summed E-state index contributed by atoms with van der Waals surface area (Å²) in [5.41, 5.74) is 9.53. The van der Waals surface area contributed by atoms with Gasteiger partial charge in [0.15, 0.2) is 0 Å². The Morgan fingerprint density at radius 1 is 0.769 bits per heavy atom. The average Bonchev–Trinajstić information content (AvgIpc) is 4.41. The molecule has 5 aliphatic rings. The molecule has 10 rings (SSSR count). The third-order valence-corrected chi connectivity index (χ3v) is 17.3. The van der Waals surface area contributed by atoms with Gasteiger partial charge < -0.3 is 40.1 Å². The molecule has 3 N–H and O–H groups in total. The number of nitrogens with zero attached hydrogens (tertiary/aromatic N) is 7. The first-order chi connectivity index (χ1) is 37.7. The van der Waals surface area contributed by atoms with E-state index >= 15 is 0 Å². The molecule has 0 radical (unpaired) electrons. The van der Waals surface area contributed by atoms with Crippen molar-refractivity contribution in [2.75, 3.05) is 13.1 Å². The number of likely N-dealkylation sites (tertiary alicyclic amines) is 2. The fourth-order valence-electron chi connectivity index (χ4n) is 12.4. The van der Waals surface area contributed by atoms with Crippen LogP contribution in [0.1, 0.15) is 133 Å². The number of aliphatic hydroxyl groups excluding tert-OH is 1. The molecule has 0 unspecified atom stereocenters. The van der Waals surface area contributed by atoms with Crippen molar-refractivity contribution in [2.45, 2.75) is 148 Å². The van der Waals surface area contributed by atoms with Crippen LogP contribution in [-0.4, -0.2) is 115 Å². The second-order valence-electron chi connectivity index (χ2n) is 22.3. The monoisotopic (exact) mass is 1070 g/mol. The predicted molar refractivity (Wildman–Crippen MR) is 297 cm³/mol. The number of aromatic nitrogens is 1. The maximum Gasteiger partial charge on any atom is 0.255 e. The Hall–Kier alpha value is -7.42. The number of benzene rings is 4. The molecule has 78 heavy (non-hydrogen) atoms. The summed E-state index contributed by atoms with van der Waals surface area (Å²) in [6.45, 7) is 10.7. The zero-order valence-corrected chi connectivity index (χ0v) is 45.9. The first-order valence-corrected chi connectivity index (χ1v) is 28.4. The molecule has 0 bridgehead atoms. The molecule has 16 nitrogen and oxygen atoms in total. The van der Waals surface area contributed by atoms with E-state index < -0.39 is 36.4 Å². The predicted octanol–water partition coefficient (Wildman–Crippen LogP) is 8.12. The number of amidine groups is 1. The first kappa shape index (κ1) is 54.0. The van der Waals surface area contributed by atoms with Gasteiger partial charge in [-0.05, 0) is 89.1 Å². The topological polar surface area (TPSA) is 201 Å².